The van der Waals surface area contributed by atoms with E-state index in [1.165, 1.54) is 21.3 Å². The molecule has 2 rings (SSSR count). The van der Waals surface area contributed by atoms with Crippen molar-refractivity contribution in [1.82, 2.24) is 0 Å². The van der Waals surface area contributed by atoms with E-state index in [1.807, 2.05) is 0 Å². The fourth-order valence-corrected chi connectivity index (χ4v) is 2.08. The summed E-state index contributed by atoms with van der Waals surface area (Å²) in [4.78, 5) is 11.9. The van der Waals surface area contributed by atoms with Gasteiger partial charge in [-0.15, -0.1) is 0 Å². The average molecular weight is 251 g/mol. The lowest BCUT2D eigenvalue weighted by Crippen LogP contribution is -2.07. The van der Waals surface area contributed by atoms with E-state index in [0.29, 0.717) is 28.4 Å². The maximum absolute atomic E-state index is 11.9. The minimum absolute atomic E-state index is 0.0820. The maximum Gasteiger partial charge on any atom is 0.211 e. The molecule has 0 unspecified atom stereocenters. The lowest BCUT2D eigenvalue weighted by atomic mass is 10.1. The van der Waals surface area contributed by atoms with Gasteiger partial charge in [0.05, 0.1) is 21.3 Å². The Morgan fingerprint density at radius 2 is 1.83 bits per heavy atom. The molecule has 6 heteroatoms. The van der Waals surface area contributed by atoms with Gasteiger partial charge in [0, 0.05) is 17.5 Å². The number of Topliss-reactive ketones (excluding diaryl/α,β-unsaturated/α-hetero) is 1. The van der Waals surface area contributed by atoms with Crippen molar-refractivity contribution < 1.29 is 24.2 Å². The van der Waals surface area contributed by atoms with E-state index >= 15 is 0 Å². The Balaban J connectivity index is 2.71. The molecule has 18 heavy (non-hydrogen) atoms. The monoisotopic (exact) mass is 251 g/mol. The van der Waals surface area contributed by atoms with Crippen LogP contribution in [0.15, 0.2) is 11.2 Å². The number of nitrogens with zero attached hydrogens (tertiary/aromatic N) is 1. The third-order valence-electron chi connectivity index (χ3n) is 2.90. The van der Waals surface area contributed by atoms with Crippen molar-refractivity contribution in [3.63, 3.8) is 0 Å². The number of carbonyl (C=O) groups excluding carboxylic acids is 1. The van der Waals surface area contributed by atoms with E-state index in [9.17, 15) is 4.79 Å². The topological polar surface area (TPSA) is 77.3 Å². The van der Waals surface area contributed by atoms with Gasteiger partial charge in [-0.3, -0.25) is 4.79 Å². The van der Waals surface area contributed by atoms with Gasteiger partial charge in [0.15, 0.2) is 11.5 Å². The zero-order chi connectivity index (χ0) is 13.3. The van der Waals surface area contributed by atoms with Gasteiger partial charge in [0.1, 0.15) is 5.71 Å². The standard InChI is InChI=1S/C12H13NO5/c1-16-9-5-6-7(4-8(13-15)10(6)14)11(17-2)12(9)18-3/h5,15H,4H2,1-3H3. The second-order valence-corrected chi connectivity index (χ2v) is 3.72. The molecule has 0 amide bonds. The second-order valence-electron chi connectivity index (χ2n) is 3.72. The van der Waals surface area contributed by atoms with Gasteiger partial charge in [-0.05, 0) is 6.07 Å². The molecule has 1 N–H and O–H groups in total. The lowest BCUT2D eigenvalue weighted by Gasteiger charge is -2.14. The van der Waals surface area contributed by atoms with Crippen LogP contribution in [0.25, 0.3) is 0 Å². The number of ketones is 1. The summed E-state index contributed by atoms with van der Waals surface area (Å²) in [5, 5.41) is 11.8. The predicted molar refractivity (Wildman–Crippen MR) is 63.4 cm³/mol. The first kappa shape index (κ1) is 12.2. The van der Waals surface area contributed by atoms with Crippen LogP contribution in [0, 0.1) is 0 Å². The van der Waals surface area contributed by atoms with Gasteiger partial charge in [-0.25, -0.2) is 0 Å². The molecule has 0 fully saturated rings. The van der Waals surface area contributed by atoms with Crippen molar-refractivity contribution in [3.8, 4) is 17.2 Å². The Kier molecular flexibility index (Phi) is 3.10. The normalized spacial score (nSPS) is 15.7. The van der Waals surface area contributed by atoms with E-state index in [-0.39, 0.29) is 17.9 Å². The largest absolute Gasteiger partial charge is 0.493 e. The summed E-state index contributed by atoms with van der Waals surface area (Å²) in [5.74, 6) is 0.928. The summed E-state index contributed by atoms with van der Waals surface area (Å²) in [6.07, 6.45) is 0.216. The highest BCUT2D eigenvalue weighted by Crippen LogP contribution is 2.44. The quantitative estimate of drug-likeness (QED) is 0.646. The summed E-state index contributed by atoms with van der Waals surface area (Å²) in [6.45, 7) is 0. The number of benzene rings is 1. The molecule has 0 heterocycles. The summed E-state index contributed by atoms with van der Waals surface area (Å²) in [5.41, 5.74) is 1.14. The van der Waals surface area contributed by atoms with E-state index < -0.39 is 0 Å². The molecule has 1 aromatic carbocycles. The van der Waals surface area contributed by atoms with Gasteiger partial charge < -0.3 is 19.4 Å². The molecule has 0 aromatic heterocycles. The number of methoxy groups -OCH3 is 3. The first-order valence-electron chi connectivity index (χ1n) is 5.25. The molecule has 0 saturated carbocycles. The van der Waals surface area contributed by atoms with Crippen LogP contribution in [0.2, 0.25) is 0 Å². The van der Waals surface area contributed by atoms with Gasteiger partial charge in [-0.1, -0.05) is 5.16 Å². The Labute approximate surface area is 104 Å². The fraction of sp³-hybridized carbons (Fsp3) is 0.333. The Morgan fingerprint density at radius 3 is 2.33 bits per heavy atom. The van der Waals surface area contributed by atoms with E-state index in [2.05, 4.69) is 5.16 Å². The highest BCUT2D eigenvalue weighted by Gasteiger charge is 2.33. The van der Waals surface area contributed by atoms with Crippen LogP contribution in [-0.2, 0) is 6.42 Å². The van der Waals surface area contributed by atoms with Crippen molar-refractivity contribution in [2.75, 3.05) is 21.3 Å². The maximum atomic E-state index is 11.9. The number of hydrogen-bond donors (Lipinski definition) is 1. The van der Waals surface area contributed by atoms with E-state index in [1.54, 1.807) is 6.07 Å². The highest BCUT2D eigenvalue weighted by atomic mass is 16.5. The summed E-state index contributed by atoms with van der Waals surface area (Å²) in [6, 6.07) is 1.57. The molecule has 1 aliphatic carbocycles. The van der Waals surface area contributed by atoms with E-state index in [4.69, 9.17) is 19.4 Å². The van der Waals surface area contributed by atoms with Gasteiger partial charge in [0.2, 0.25) is 11.5 Å². The van der Waals surface area contributed by atoms with Crippen LogP contribution < -0.4 is 14.2 Å². The smallest absolute Gasteiger partial charge is 0.211 e. The van der Waals surface area contributed by atoms with Crippen LogP contribution in [0.5, 0.6) is 17.2 Å². The van der Waals surface area contributed by atoms with Crippen LogP contribution in [-0.4, -0.2) is 38.0 Å². The number of oxime groups is 1. The lowest BCUT2D eigenvalue weighted by molar-refractivity contribution is 0.106. The molecule has 1 aliphatic rings. The predicted octanol–water partition coefficient (Wildman–Crippen LogP) is 1.28. The molecule has 0 atom stereocenters. The molecule has 0 bridgehead atoms. The Bertz CT molecular complexity index is 536. The van der Waals surface area contributed by atoms with E-state index in [0.717, 1.165) is 0 Å². The van der Waals surface area contributed by atoms with Crippen LogP contribution in [0.4, 0.5) is 0 Å². The molecule has 1 aromatic rings. The molecule has 0 radical (unpaired) electrons. The minimum Gasteiger partial charge on any atom is -0.493 e. The third-order valence-corrected chi connectivity index (χ3v) is 2.90. The molecule has 96 valence electrons. The highest BCUT2D eigenvalue weighted by molar-refractivity contribution is 6.49. The average Bonchev–Trinajstić information content (AvgIpc) is 2.72. The number of hydrogen-bond acceptors (Lipinski definition) is 6. The van der Waals surface area contributed by atoms with Crippen LogP contribution in [0.1, 0.15) is 15.9 Å². The zero-order valence-electron chi connectivity index (χ0n) is 10.3. The third kappa shape index (κ3) is 1.57. The summed E-state index contributed by atoms with van der Waals surface area (Å²) < 4.78 is 15.7. The fourth-order valence-electron chi connectivity index (χ4n) is 2.08. The number of ether oxygens (including phenoxy) is 3. The number of rotatable bonds is 3. The minimum atomic E-state index is -0.327. The molecule has 0 saturated heterocycles. The molecular weight excluding hydrogens is 238 g/mol. The second kappa shape index (κ2) is 4.56. The molecule has 0 aliphatic heterocycles. The first-order chi connectivity index (χ1) is 8.67. The molecule has 6 nitrogen and oxygen atoms in total. The molecule has 0 spiro atoms. The van der Waals surface area contributed by atoms with Crippen molar-refractivity contribution in [3.05, 3.63) is 17.2 Å². The number of carbonyl (C=O) groups is 1. The Hall–Kier alpha value is -2.24. The van der Waals surface area contributed by atoms with Crippen LogP contribution in [0.3, 0.4) is 0 Å². The van der Waals surface area contributed by atoms with Gasteiger partial charge in [0.25, 0.3) is 0 Å². The molecular formula is C12H13NO5. The van der Waals surface area contributed by atoms with Crippen molar-refractivity contribution >= 4 is 11.5 Å². The summed E-state index contributed by atoms with van der Waals surface area (Å²) >= 11 is 0. The first-order valence-corrected chi connectivity index (χ1v) is 5.25. The van der Waals surface area contributed by atoms with Gasteiger partial charge in [-0.2, -0.15) is 0 Å². The van der Waals surface area contributed by atoms with Crippen molar-refractivity contribution in [2.45, 2.75) is 6.42 Å². The zero-order valence-corrected chi connectivity index (χ0v) is 10.3. The van der Waals surface area contributed by atoms with Crippen LogP contribution >= 0.6 is 0 Å². The van der Waals surface area contributed by atoms with Gasteiger partial charge >= 0.3 is 0 Å². The van der Waals surface area contributed by atoms with Crippen molar-refractivity contribution in [1.29, 1.82) is 0 Å². The SMILES string of the molecule is COc1cc2c(c(OC)c1OC)CC(=NO)C2=O. The van der Waals surface area contributed by atoms with Crippen molar-refractivity contribution in [2.24, 2.45) is 5.16 Å². The Morgan fingerprint density at radius 1 is 1.17 bits per heavy atom. The summed E-state index contributed by atoms with van der Waals surface area (Å²) in [7, 11) is 4.45. The number of fused-ring (bicyclic) bond motifs is 1.